The number of anilines is 1. The quantitative estimate of drug-likeness (QED) is 0.494. The molecule has 1 heterocycles. The zero-order chi connectivity index (χ0) is 24.2. The van der Waals surface area contributed by atoms with Crippen LogP contribution in [-0.2, 0) is 4.79 Å². The van der Waals surface area contributed by atoms with Crippen LogP contribution in [0.3, 0.4) is 0 Å². The van der Waals surface area contributed by atoms with Crippen molar-refractivity contribution in [2.45, 2.75) is 13.8 Å². The molecule has 0 bridgehead atoms. The van der Waals surface area contributed by atoms with Gasteiger partial charge in [0.1, 0.15) is 16.5 Å². The minimum Gasteiger partial charge on any atom is -0.321 e. The summed E-state index contributed by atoms with van der Waals surface area (Å²) < 4.78 is 15.2. The lowest BCUT2D eigenvalue weighted by atomic mass is 10.1. The Bertz CT molecular complexity index is 1600. The molecular formula is C27H20FN3O2S. The van der Waals surface area contributed by atoms with Crippen molar-refractivity contribution in [1.29, 1.82) is 5.26 Å². The highest BCUT2D eigenvalue weighted by atomic mass is 32.1. The Morgan fingerprint density at radius 1 is 1.03 bits per heavy atom. The van der Waals surface area contributed by atoms with Crippen molar-refractivity contribution >= 4 is 34.6 Å². The molecule has 0 saturated carbocycles. The van der Waals surface area contributed by atoms with Gasteiger partial charge >= 0.3 is 0 Å². The lowest BCUT2D eigenvalue weighted by Gasteiger charge is -2.07. The van der Waals surface area contributed by atoms with Gasteiger partial charge in [-0.05, 0) is 73.0 Å². The third kappa shape index (κ3) is 4.72. The first-order valence-corrected chi connectivity index (χ1v) is 11.3. The number of hydrogen-bond donors (Lipinski definition) is 1. The van der Waals surface area contributed by atoms with E-state index in [0.717, 1.165) is 22.5 Å². The molecule has 4 aromatic rings. The zero-order valence-electron chi connectivity index (χ0n) is 18.5. The van der Waals surface area contributed by atoms with Crippen molar-refractivity contribution in [3.05, 3.63) is 115 Å². The maximum Gasteiger partial charge on any atom is 0.273 e. The molecule has 3 aromatic carbocycles. The van der Waals surface area contributed by atoms with Crippen molar-refractivity contribution in [2.75, 3.05) is 5.32 Å². The topological polar surface area (TPSA) is 74.9 Å². The predicted molar refractivity (Wildman–Crippen MR) is 133 cm³/mol. The van der Waals surface area contributed by atoms with Gasteiger partial charge in [-0.25, -0.2) is 4.39 Å². The molecule has 1 aromatic heterocycles. The number of amides is 1. The molecular weight excluding hydrogens is 449 g/mol. The van der Waals surface area contributed by atoms with Gasteiger partial charge in [0.25, 0.3) is 11.5 Å². The van der Waals surface area contributed by atoms with Crippen LogP contribution in [0.25, 0.3) is 17.3 Å². The van der Waals surface area contributed by atoms with Gasteiger partial charge in [0.15, 0.2) is 5.57 Å². The summed E-state index contributed by atoms with van der Waals surface area (Å²) in [5.41, 5.74) is 3.26. The first-order chi connectivity index (χ1) is 16.4. The Balaban J connectivity index is 1.93. The molecule has 0 radical (unpaired) electrons. The summed E-state index contributed by atoms with van der Waals surface area (Å²) in [6.07, 6.45) is 1.62. The summed E-state index contributed by atoms with van der Waals surface area (Å²) in [6.45, 7) is 3.90. The van der Waals surface area contributed by atoms with E-state index in [1.165, 1.54) is 16.7 Å². The number of nitriles is 1. The van der Waals surface area contributed by atoms with Crippen LogP contribution in [0.2, 0.25) is 0 Å². The van der Waals surface area contributed by atoms with E-state index in [2.05, 4.69) is 5.32 Å². The number of aryl methyl sites for hydroxylation is 2. The van der Waals surface area contributed by atoms with Crippen molar-refractivity contribution in [1.82, 2.24) is 4.57 Å². The van der Waals surface area contributed by atoms with Crippen LogP contribution in [0.4, 0.5) is 10.1 Å². The standard InChI is InChI=1S/C27H20FN3O2S/c1-17-8-13-21(14-18(17)2)30-25(32)23(16-29)27-31(22-6-4-3-5-7-22)26(33)24(34-27)15-19-9-11-20(28)12-10-19/h3-15H,1-2H3,(H,30,32)/b24-15+,27-23+. The molecule has 7 heteroatoms. The summed E-state index contributed by atoms with van der Waals surface area (Å²) in [5, 5.41) is 12.7. The number of para-hydroxylation sites is 1. The first-order valence-electron chi connectivity index (χ1n) is 10.4. The van der Waals surface area contributed by atoms with E-state index in [-0.39, 0.29) is 21.6 Å². The average molecular weight is 470 g/mol. The lowest BCUT2D eigenvalue weighted by Crippen LogP contribution is -2.32. The lowest BCUT2D eigenvalue weighted by molar-refractivity contribution is -0.111. The van der Waals surface area contributed by atoms with E-state index < -0.39 is 5.91 Å². The second-order valence-corrected chi connectivity index (χ2v) is 8.71. The predicted octanol–water partition coefficient (Wildman–Crippen LogP) is 3.80. The number of benzene rings is 3. The normalized spacial score (nSPS) is 12.2. The largest absolute Gasteiger partial charge is 0.321 e. The fourth-order valence-electron chi connectivity index (χ4n) is 3.38. The Hall–Kier alpha value is -4.28. The van der Waals surface area contributed by atoms with Gasteiger partial charge in [-0.15, -0.1) is 11.3 Å². The Labute approximate surface area is 199 Å². The molecule has 4 rings (SSSR count). The molecule has 0 spiro atoms. The fraction of sp³-hybridized carbons (Fsp3) is 0.0741. The highest BCUT2D eigenvalue weighted by molar-refractivity contribution is 7.07. The Morgan fingerprint density at radius 3 is 2.38 bits per heavy atom. The third-order valence-corrected chi connectivity index (χ3v) is 6.42. The first kappa shape index (κ1) is 22.9. The van der Waals surface area contributed by atoms with Crippen LogP contribution in [0, 0.1) is 31.0 Å². The summed E-state index contributed by atoms with van der Waals surface area (Å²) in [6, 6.07) is 22.0. The Kier molecular flexibility index (Phi) is 6.53. The molecule has 168 valence electrons. The van der Waals surface area contributed by atoms with E-state index in [1.807, 2.05) is 38.1 Å². The van der Waals surface area contributed by atoms with Crippen molar-refractivity contribution in [3.8, 4) is 11.8 Å². The molecule has 1 amide bonds. The molecule has 0 unspecified atom stereocenters. The molecule has 1 N–H and O–H groups in total. The smallest absolute Gasteiger partial charge is 0.273 e. The van der Waals surface area contributed by atoms with Gasteiger partial charge in [0.2, 0.25) is 0 Å². The van der Waals surface area contributed by atoms with Crippen molar-refractivity contribution < 1.29 is 9.18 Å². The van der Waals surface area contributed by atoms with E-state index in [4.69, 9.17) is 0 Å². The van der Waals surface area contributed by atoms with Crippen LogP contribution >= 0.6 is 11.3 Å². The van der Waals surface area contributed by atoms with Gasteiger partial charge in [0.05, 0.1) is 10.2 Å². The van der Waals surface area contributed by atoms with Crippen molar-refractivity contribution in [3.63, 3.8) is 0 Å². The molecule has 0 aliphatic carbocycles. The fourth-order valence-corrected chi connectivity index (χ4v) is 4.48. The van der Waals surface area contributed by atoms with Crippen LogP contribution in [0.1, 0.15) is 16.7 Å². The molecule has 34 heavy (non-hydrogen) atoms. The number of nitrogens with one attached hydrogen (secondary N) is 1. The summed E-state index contributed by atoms with van der Waals surface area (Å²) >= 11 is 1.04. The van der Waals surface area contributed by atoms with Crippen molar-refractivity contribution in [2.24, 2.45) is 0 Å². The van der Waals surface area contributed by atoms with E-state index >= 15 is 0 Å². The molecule has 5 nitrogen and oxygen atoms in total. The minimum absolute atomic E-state index is 0.178. The van der Waals surface area contributed by atoms with Gasteiger partial charge in [-0.1, -0.05) is 36.4 Å². The Morgan fingerprint density at radius 2 is 1.74 bits per heavy atom. The molecule has 0 aliphatic rings. The van der Waals surface area contributed by atoms with Gasteiger partial charge in [0, 0.05) is 5.69 Å². The molecule has 0 atom stereocenters. The number of aromatic nitrogens is 1. The summed E-state index contributed by atoms with van der Waals surface area (Å²) in [4.78, 5) is 26.5. The molecule has 0 saturated heterocycles. The second-order valence-electron chi connectivity index (χ2n) is 7.68. The van der Waals surface area contributed by atoms with Crippen LogP contribution in [0.5, 0.6) is 0 Å². The van der Waals surface area contributed by atoms with Crippen LogP contribution in [0.15, 0.2) is 77.6 Å². The van der Waals surface area contributed by atoms with Crippen LogP contribution < -0.4 is 20.1 Å². The monoisotopic (exact) mass is 469 g/mol. The minimum atomic E-state index is -0.606. The SMILES string of the molecule is Cc1ccc(NC(=O)/C(C#N)=c2/s/c(=C/c3ccc(F)cc3)c(=O)n2-c2ccccc2)cc1C. The highest BCUT2D eigenvalue weighted by Gasteiger charge is 2.17. The van der Waals surface area contributed by atoms with Gasteiger partial charge in [-0.3, -0.25) is 14.2 Å². The summed E-state index contributed by atoms with van der Waals surface area (Å²) in [5.74, 6) is -0.987. The van der Waals surface area contributed by atoms with Crippen LogP contribution in [-0.4, -0.2) is 10.5 Å². The zero-order valence-corrected chi connectivity index (χ0v) is 19.3. The average Bonchev–Trinajstić information content (AvgIpc) is 3.14. The maximum absolute atomic E-state index is 13.4. The van der Waals surface area contributed by atoms with Gasteiger partial charge < -0.3 is 5.32 Å². The highest BCUT2D eigenvalue weighted by Crippen LogP contribution is 2.15. The summed E-state index contributed by atoms with van der Waals surface area (Å²) in [7, 11) is 0. The number of halogens is 1. The number of thiazole rings is 1. The number of nitrogens with zero attached hydrogens (tertiary/aromatic N) is 2. The molecule has 0 aliphatic heterocycles. The number of rotatable bonds is 4. The number of carbonyl (C=O) groups excluding carboxylic acids is 1. The van der Waals surface area contributed by atoms with E-state index in [0.29, 0.717) is 21.5 Å². The maximum atomic E-state index is 13.4. The van der Waals surface area contributed by atoms with E-state index in [9.17, 15) is 19.2 Å². The molecule has 0 fully saturated rings. The van der Waals surface area contributed by atoms with E-state index in [1.54, 1.807) is 48.5 Å². The number of carbonyl (C=O) groups is 1. The number of hydrogen-bond acceptors (Lipinski definition) is 4. The van der Waals surface area contributed by atoms with Gasteiger partial charge in [-0.2, -0.15) is 5.26 Å². The third-order valence-electron chi connectivity index (χ3n) is 5.32. The second kappa shape index (κ2) is 9.69.